The summed E-state index contributed by atoms with van der Waals surface area (Å²) in [6.45, 7) is 4.06. The molecule has 0 heterocycles. The van der Waals surface area contributed by atoms with Gasteiger partial charge >= 0.3 is 0 Å². The molecule has 1 unspecified atom stereocenters. The van der Waals surface area contributed by atoms with E-state index in [-0.39, 0.29) is 12.0 Å². The van der Waals surface area contributed by atoms with E-state index in [1.165, 1.54) is 0 Å². The van der Waals surface area contributed by atoms with Crippen molar-refractivity contribution in [3.8, 4) is 5.75 Å². The zero-order valence-electron chi connectivity index (χ0n) is 12.4. The highest BCUT2D eigenvalue weighted by atomic mass is 35.5. The number of hydrogen-bond acceptors (Lipinski definition) is 2. The quantitative estimate of drug-likeness (QED) is 0.790. The van der Waals surface area contributed by atoms with Gasteiger partial charge in [-0.2, -0.15) is 0 Å². The van der Waals surface area contributed by atoms with E-state index in [1.807, 2.05) is 6.92 Å². The number of halogens is 2. The van der Waals surface area contributed by atoms with Crippen molar-refractivity contribution in [2.45, 2.75) is 26.4 Å². The average molecular weight is 338 g/mol. The van der Waals surface area contributed by atoms with Crippen molar-refractivity contribution in [1.29, 1.82) is 0 Å². The second-order valence-electron chi connectivity index (χ2n) is 4.92. The molecular formula is C17H17Cl2NO2. The van der Waals surface area contributed by atoms with Crippen LogP contribution in [0.5, 0.6) is 5.75 Å². The summed E-state index contributed by atoms with van der Waals surface area (Å²) in [5.41, 5.74) is 1.01. The van der Waals surface area contributed by atoms with Crippen molar-refractivity contribution in [1.82, 2.24) is 0 Å². The van der Waals surface area contributed by atoms with Crippen molar-refractivity contribution >= 4 is 34.8 Å². The van der Waals surface area contributed by atoms with E-state index in [0.29, 0.717) is 21.3 Å². The summed E-state index contributed by atoms with van der Waals surface area (Å²) in [6, 6.07) is 12.1. The Morgan fingerprint density at radius 1 is 1.18 bits per heavy atom. The number of rotatable bonds is 5. The fourth-order valence-electron chi connectivity index (χ4n) is 1.80. The predicted octanol–water partition coefficient (Wildman–Crippen LogP) is 5.42. The summed E-state index contributed by atoms with van der Waals surface area (Å²) in [5.74, 6) is 0.492. The third-order valence-electron chi connectivity index (χ3n) is 3.23. The molecule has 22 heavy (non-hydrogen) atoms. The van der Waals surface area contributed by atoms with Crippen LogP contribution >= 0.6 is 23.2 Å². The Morgan fingerprint density at radius 2 is 1.86 bits per heavy atom. The van der Waals surface area contributed by atoms with Crippen LogP contribution < -0.4 is 10.1 Å². The van der Waals surface area contributed by atoms with Crippen molar-refractivity contribution in [3.63, 3.8) is 0 Å². The van der Waals surface area contributed by atoms with Crippen LogP contribution in [0, 0.1) is 0 Å². The lowest BCUT2D eigenvalue weighted by molar-refractivity contribution is 0.102. The van der Waals surface area contributed by atoms with Gasteiger partial charge in [0.1, 0.15) is 5.75 Å². The summed E-state index contributed by atoms with van der Waals surface area (Å²) >= 11 is 12.0. The molecule has 1 atom stereocenters. The fraction of sp³-hybridized carbons (Fsp3) is 0.235. The van der Waals surface area contributed by atoms with E-state index < -0.39 is 0 Å². The summed E-state index contributed by atoms with van der Waals surface area (Å²) in [4.78, 5) is 12.2. The Bertz CT molecular complexity index is 656. The largest absolute Gasteiger partial charge is 0.491 e. The topological polar surface area (TPSA) is 38.3 Å². The lowest BCUT2D eigenvalue weighted by Gasteiger charge is -2.13. The first kappa shape index (κ1) is 16.7. The molecule has 0 aromatic heterocycles. The standard InChI is InChI=1S/C17H17Cl2NO2/c1-3-11(2)22-13-9-7-12(8-10-13)17(21)20-15-6-4-5-14(18)16(15)19/h4-11H,3H2,1-2H3,(H,20,21). The molecule has 2 aromatic rings. The number of nitrogens with one attached hydrogen (secondary N) is 1. The minimum atomic E-state index is -0.251. The first-order valence-corrected chi connectivity index (χ1v) is 7.79. The number of hydrogen-bond donors (Lipinski definition) is 1. The van der Waals surface area contributed by atoms with E-state index >= 15 is 0 Å². The van der Waals surface area contributed by atoms with Crippen LogP contribution in [0.3, 0.4) is 0 Å². The minimum Gasteiger partial charge on any atom is -0.491 e. The van der Waals surface area contributed by atoms with Gasteiger partial charge in [-0.05, 0) is 49.7 Å². The third kappa shape index (κ3) is 4.15. The van der Waals surface area contributed by atoms with Gasteiger partial charge in [0.15, 0.2) is 0 Å². The Hall–Kier alpha value is -1.71. The van der Waals surface area contributed by atoms with Gasteiger partial charge in [-0.3, -0.25) is 4.79 Å². The third-order valence-corrected chi connectivity index (χ3v) is 4.05. The average Bonchev–Trinajstić information content (AvgIpc) is 2.52. The highest BCUT2D eigenvalue weighted by molar-refractivity contribution is 6.44. The molecule has 0 aliphatic heterocycles. The maximum atomic E-state index is 12.2. The smallest absolute Gasteiger partial charge is 0.255 e. The SMILES string of the molecule is CCC(C)Oc1ccc(C(=O)Nc2cccc(Cl)c2Cl)cc1. The van der Waals surface area contributed by atoms with Crippen LogP contribution in [0.2, 0.25) is 10.0 Å². The van der Waals surface area contributed by atoms with Crippen LogP contribution in [0.25, 0.3) is 0 Å². The number of amides is 1. The Morgan fingerprint density at radius 3 is 2.50 bits per heavy atom. The Balaban J connectivity index is 2.08. The van der Waals surface area contributed by atoms with Gasteiger partial charge in [0.25, 0.3) is 5.91 Å². The summed E-state index contributed by atoms with van der Waals surface area (Å²) in [6.07, 6.45) is 1.07. The van der Waals surface area contributed by atoms with Crippen molar-refractivity contribution < 1.29 is 9.53 Å². The van der Waals surface area contributed by atoms with Crippen LogP contribution in [-0.4, -0.2) is 12.0 Å². The maximum Gasteiger partial charge on any atom is 0.255 e. The molecule has 0 saturated heterocycles. The second kappa shape index (κ2) is 7.52. The molecule has 0 fully saturated rings. The highest BCUT2D eigenvalue weighted by Gasteiger charge is 2.10. The summed E-state index contributed by atoms with van der Waals surface area (Å²) < 4.78 is 5.68. The summed E-state index contributed by atoms with van der Waals surface area (Å²) in [5, 5.41) is 3.47. The number of ether oxygens (including phenoxy) is 1. The molecule has 1 amide bonds. The normalized spacial score (nSPS) is 11.8. The monoisotopic (exact) mass is 337 g/mol. The van der Waals surface area contributed by atoms with Gasteiger partial charge in [0.2, 0.25) is 0 Å². The zero-order chi connectivity index (χ0) is 16.1. The van der Waals surface area contributed by atoms with Crippen LogP contribution in [-0.2, 0) is 0 Å². The van der Waals surface area contributed by atoms with Gasteiger partial charge in [0, 0.05) is 5.56 Å². The van der Waals surface area contributed by atoms with Crippen LogP contribution in [0.1, 0.15) is 30.6 Å². The van der Waals surface area contributed by atoms with E-state index in [9.17, 15) is 4.79 Å². The number of benzene rings is 2. The lowest BCUT2D eigenvalue weighted by atomic mass is 10.2. The van der Waals surface area contributed by atoms with Crippen LogP contribution in [0.4, 0.5) is 5.69 Å². The van der Waals surface area contributed by atoms with Gasteiger partial charge in [-0.1, -0.05) is 36.2 Å². The van der Waals surface area contributed by atoms with E-state index in [1.54, 1.807) is 42.5 Å². The zero-order valence-corrected chi connectivity index (χ0v) is 13.9. The van der Waals surface area contributed by atoms with E-state index in [0.717, 1.165) is 12.2 Å². The molecule has 0 spiro atoms. The number of carbonyl (C=O) groups is 1. The molecule has 1 N–H and O–H groups in total. The molecule has 3 nitrogen and oxygen atoms in total. The molecule has 0 bridgehead atoms. The molecule has 0 aliphatic rings. The fourth-order valence-corrected chi connectivity index (χ4v) is 2.14. The molecule has 0 aliphatic carbocycles. The highest BCUT2D eigenvalue weighted by Crippen LogP contribution is 2.29. The van der Waals surface area contributed by atoms with Gasteiger partial charge in [0.05, 0.1) is 21.8 Å². The van der Waals surface area contributed by atoms with Crippen molar-refractivity contribution in [2.75, 3.05) is 5.32 Å². The Kier molecular flexibility index (Phi) is 5.69. The van der Waals surface area contributed by atoms with Crippen molar-refractivity contribution in [2.24, 2.45) is 0 Å². The summed E-state index contributed by atoms with van der Waals surface area (Å²) in [7, 11) is 0. The number of carbonyl (C=O) groups excluding carboxylic acids is 1. The van der Waals surface area contributed by atoms with E-state index in [4.69, 9.17) is 27.9 Å². The minimum absolute atomic E-state index is 0.143. The molecular weight excluding hydrogens is 321 g/mol. The van der Waals surface area contributed by atoms with E-state index in [2.05, 4.69) is 12.2 Å². The molecule has 0 radical (unpaired) electrons. The molecule has 116 valence electrons. The van der Waals surface area contributed by atoms with Crippen molar-refractivity contribution in [3.05, 3.63) is 58.1 Å². The molecule has 2 aromatic carbocycles. The second-order valence-corrected chi connectivity index (χ2v) is 5.70. The predicted molar refractivity (Wildman–Crippen MR) is 91.2 cm³/mol. The van der Waals surface area contributed by atoms with Crippen LogP contribution in [0.15, 0.2) is 42.5 Å². The molecule has 5 heteroatoms. The van der Waals surface area contributed by atoms with Gasteiger partial charge < -0.3 is 10.1 Å². The first-order valence-electron chi connectivity index (χ1n) is 7.03. The molecule has 0 saturated carbocycles. The van der Waals surface area contributed by atoms with Gasteiger partial charge in [-0.15, -0.1) is 0 Å². The van der Waals surface area contributed by atoms with Gasteiger partial charge in [-0.25, -0.2) is 0 Å². The Labute approximate surface area is 140 Å². The lowest BCUT2D eigenvalue weighted by Crippen LogP contribution is -2.13. The first-order chi connectivity index (χ1) is 10.5. The number of anilines is 1. The molecule has 2 rings (SSSR count). The maximum absolute atomic E-state index is 12.2.